The SMILES string of the molecule is Cc1cc(C)c(/C=C/C(=O)N2CC[C@@H](O)C2)cc1C. The van der Waals surface area contributed by atoms with Gasteiger partial charge in [0, 0.05) is 19.2 Å². The summed E-state index contributed by atoms with van der Waals surface area (Å²) in [7, 11) is 0. The molecule has 0 aliphatic carbocycles. The molecule has 3 nitrogen and oxygen atoms in total. The Hall–Kier alpha value is -1.61. The van der Waals surface area contributed by atoms with Crippen molar-refractivity contribution in [2.75, 3.05) is 13.1 Å². The quantitative estimate of drug-likeness (QED) is 0.827. The Balaban J connectivity index is 2.10. The molecule has 0 bridgehead atoms. The third kappa shape index (κ3) is 3.24. The molecule has 1 aliphatic heterocycles. The van der Waals surface area contributed by atoms with Crippen molar-refractivity contribution in [2.45, 2.75) is 33.3 Å². The van der Waals surface area contributed by atoms with Gasteiger partial charge in [-0.05, 0) is 55.5 Å². The predicted molar refractivity (Wildman–Crippen MR) is 76.9 cm³/mol. The fourth-order valence-corrected chi connectivity index (χ4v) is 2.37. The average Bonchev–Trinajstić information content (AvgIpc) is 2.78. The van der Waals surface area contributed by atoms with Gasteiger partial charge in [0.2, 0.25) is 5.91 Å². The molecule has 0 unspecified atom stereocenters. The summed E-state index contributed by atoms with van der Waals surface area (Å²) >= 11 is 0. The molecular weight excluding hydrogens is 238 g/mol. The molecule has 0 aromatic heterocycles. The molecule has 1 aromatic rings. The summed E-state index contributed by atoms with van der Waals surface area (Å²) < 4.78 is 0. The number of β-amino-alcohol motifs (C(OH)–C–C–N with tert-alkyl or cyclic N) is 1. The van der Waals surface area contributed by atoms with Crippen molar-refractivity contribution in [3.63, 3.8) is 0 Å². The molecule has 1 aromatic carbocycles. The first kappa shape index (κ1) is 13.8. The first-order valence-electron chi connectivity index (χ1n) is 6.70. The van der Waals surface area contributed by atoms with Gasteiger partial charge in [-0.2, -0.15) is 0 Å². The molecule has 1 aliphatic rings. The summed E-state index contributed by atoms with van der Waals surface area (Å²) in [6.07, 6.45) is 3.80. The number of aliphatic hydroxyl groups is 1. The zero-order valence-electron chi connectivity index (χ0n) is 11.8. The summed E-state index contributed by atoms with van der Waals surface area (Å²) in [5, 5.41) is 9.43. The molecule has 19 heavy (non-hydrogen) atoms. The van der Waals surface area contributed by atoms with E-state index in [2.05, 4.69) is 32.9 Å². The zero-order chi connectivity index (χ0) is 14.0. The minimum Gasteiger partial charge on any atom is -0.391 e. The lowest BCUT2D eigenvalue weighted by molar-refractivity contribution is -0.125. The van der Waals surface area contributed by atoms with Crippen LogP contribution in [0.4, 0.5) is 0 Å². The second-order valence-corrected chi connectivity index (χ2v) is 5.35. The van der Waals surface area contributed by atoms with Gasteiger partial charge >= 0.3 is 0 Å². The Morgan fingerprint density at radius 2 is 1.95 bits per heavy atom. The van der Waals surface area contributed by atoms with Crippen LogP contribution in [0.15, 0.2) is 18.2 Å². The van der Waals surface area contributed by atoms with E-state index in [4.69, 9.17) is 0 Å². The van der Waals surface area contributed by atoms with Crippen molar-refractivity contribution in [3.8, 4) is 0 Å². The van der Waals surface area contributed by atoms with E-state index in [1.807, 2.05) is 6.08 Å². The Morgan fingerprint density at radius 1 is 1.26 bits per heavy atom. The largest absolute Gasteiger partial charge is 0.391 e. The molecule has 0 saturated carbocycles. The van der Waals surface area contributed by atoms with Crippen molar-refractivity contribution >= 4 is 12.0 Å². The standard InChI is InChI=1S/C16H21NO2/c1-11-8-13(3)14(9-12(11)2)4-5-16(19)17-7-6-15(18)10-17/h4-5,8-9,15,18H,6-7,10H2,1-3H3/b5-4+/t15-/m1/s1. The maximum Gasteiger partial charge on any atom is 0.246 e. The first-order chi connectivity index (χ1) is 8.97. The van der Waals surface area contributed by atoms with E-state index in [0.717, 1.165) is 5.56 Å². The number of hydrogen-bond acceptors (Lipinski definition) is 2. The van der Waals surface area contributed by atoms with Gasteiger partial charge in [-0.3, -0.25) is 4.79 Å². The van der Waals surface area contributed by atoms with Gasteiger partial charge in [0.05, 0.1) is 6.10 Å². The number of amides is 1. The fraction of sp³-hybridized carbons (Fsp3) is 0.438. The summed E-state index contributed by atoms with van der Waals surface area (Å²) in [6, 6.07) is 4.24. The van der Waals surface area contributed by atoms with Gasteiger partial charge in [0.15, 0.2) is 0 Å². The topological polar surface area (TPSA) is 40.5 Å². The molecular formula is C16H21NO2. The van der Waals surface area contributed by atoms with Crippen molar-refractivity contribution in [2.24, 2.45) is 0 Å². The van der Waals surface area contributed by atoms with E-state index in [1.165, 1.54) is 16.7 Å². The lowest BCUT2D eigenvalue weighted by Crippen LogP contribution is -2.27. The number of rotatable bonds is 2. The number of nitrogens with zero attached hydrogens (tertiary/aromatic N) is 1. The molecule has 1 fully saturated rings. The van der Waals surface area contributed by atoms with Crippen LogP contribution in [0.25, 0.3) is 6.08 Å². The molecule has 1 amide bonds. The van der Waals surface area contributed by atoms with Crippen LogP contribution >= 0.6 is 0 Å². The number of carbonyl (C=O) groups excluding carboxylic acids is 1. The average molecular weight is 259 g/mol. The third-order valence-corrected chi connectivity index (χ3v) is 3.76. The van der Waals surface area contributed by atoms with Crippen LogP contribution in [0.1, 0.15) is 28.7 Å². The normalized spacial score (nSPS) is 19.4. The van der Waals surface area contributed by atoms with Crippen LogP contribution in [0.3, 0.4) is 0 Å². The van der Waals surface area contributed by atoms with E-state index >= 15 is 0 Å². The zero-order valence-corrected chi connectivity index (χ0v) is 11.8. The van der Waals surface area contributed by atoms with Gasteiger partial charge in [0.25, 0.3) is 0 Å². The van der Waals surface area contributed by atoms with Crippen LogP contribution in [0.5, 0.6) is 0 Å². The highest BCUT2D eigenvalue weighted by molar-refractivity contribution is 5.92. The highest BCUT2D eigenvalue weighted by Crippen LogP contribution is 2.17. The first-order valence-corrected chi connectivity index (χ1v) is 6.70. The Morgan fingerprint density at radius 3 is 2.58 bits per heavy atom. The minimum absolute atomic E-state index is 0.0193. The summed E-state index contributed by atoms with van der Waals surface area (Å²) in [6.45, 7) is 7.32. The fourth-order valence-electron chi connectivity index (χ4n) is 2.37. The molecule has 102 valence electrons. The molecule has 1 atom stereocenters. The third-order valence-electron chi connectivity index (χ3n) is 3.76. The Bertz CT molecular complexity index is 520. The lowest BCUT2D eigenvalue weighted by Gasteiger charge is -2.12. The minimum atomic E-state index is -0.360. The molecule has 1 saturated heterocycles. The number of likely N-dealkylation sites (tertiary alicyclic amines) is 1. The molecule has 2 rings (SSSR count). The van der Waals surface area contributed by atoms with Crippen LogP contribution in [-0.4, -0.2) is 35.1 Å². The highest BCUT2D eigenvalue weighted by atomic mass is 16.3. The van der Waals surface area contributed by atoms with Crippen LogP contribution in [-0.2, 0) is 4.79 Å². The number of benzene rings is 1. The van der Waals surface area contributed by atoms with Crippen molar-refractivity contribution in [3.05, 3.63) is 40.5 Å². The number of aliphatic hydroxyl groups excluding tert-OH is 1. The monoisotopic (exact) mass is 259 g/mol. The lowest BCUT2D eigenvalue weighted by atomic mass is 10.0. The maximum absolute atomic E-state index is 12.0. The molecule has 1 heterocycles. The van der Waals surface area contributed by atoms with Gasteiger partial charge in [-0.25, -0.2) is 0 Å². The Labute approximate surface area is 114 Å². The highest BCUT2D eigenvalue weighted by Gasteiger charge is 2.22. The number of aryl methyl sites for hydroxylation is 3. The number of hydrogen-bond donors (Lipinski definition) is 1. The van der Waals surface area contributed by atoms with E-state index in [1.54, 1.807) is 11.0 Å². The van der Waals surface area contributed by atoms with Crippen molar-refractivity contribution in [1.29, 1.82) is 0 Å². The number of carbonyl (C=O) groups is 1. The predicted octanol–water partition coefficient (Wildman–Crippen LogP) is 2.22. The molecule has 0 radical (unpaired) electrons. The van der Waals surface area contributed by atoms with E-state index in [9.17, 15) is 9.90 Å². The summed E-state index contributed by atoms with van der Waals surface area (Å²) in [4.78, 5) is 13.6. The van der Waals surface area contributed by atoms with Gasteiger partial charge in [0.1, 0.15) is 0 Å². The molecule has 0 spiro atoms. The second-order valence-electron chi connectivity index (χ2n) is 5.35. The van der Waals surface area contributed by atoms with E-state index < -0.39 is 0 Å². The van der Waals surface area contributed by atoms with Gasteiger partial charge in [-0.15, -0.1) is 0 Å². The van der Waals surface area contributed by atoms with Crippen molar-refractivity contribution < 1.29 is 9.90 Å². The maximum atomic E-state index is 12.0. The summed E-state index contributed by atoms with van der Waals surface area (Å²) in [5.41, 5.74) is 4.75. The van der Waals surface area contributed by atoms with Gasteiger partial charge < -0.3 is 10.0 Å². The van der Waals surface area contributed by atoms with Crippen LogP contribution in [0, 0.1) is 20.8 Å². The van der Waals surface area contributed by atoms with Crippen molar-refractivity contribution in [1.82, 2.24) is 4.90 Å². The van der Waals surface area contributed by atoms with Crippen LogP contribution < -0.4 is 0 Å². The van der Waals surface area contributed by atoms with Crippen LogP contribution in [0.2, 0.25) is 0 Å². The van der Waals surface area contributed by atoms with E-state index in [-0.39, 0.29) is 12.0 Å². The summed E-state index contributed by atoms with van der Waals surface area (Å²) in [5.74, 6) is -0.0193. The van der Waals surface area contributed by atoms with E-state index in [0.29, 0.717) is 19.5 Å². The molecule has 3 heteroatoms. The van der Waals surface area contributed by atoms with Gasteiger partial charge in [-0.1, -0.05) is 12.1 Å². The Kier molecular flexibility index (Phi) is 4.05. The molecule has 1 N–H and O–H groups in total. The smallest absolute Gasteiger partial charge is 0.246 e. The second kappa shape index (κ2) is 5.57.